The number of aryl methyl sites for hydroxylation is 1. The van der Waals surface area contributed by atoms with Gasteiger partial charge >= 0.3 is 7.60 Å². The summed E-state index contributed by atoms with van der Waals surface area (Å²) in [7, 11) is -3.92. The van der Waals surface area contributed by atoms with Gasteiger partial charge in [-0.25, -0.2) is 0 Å². The average molecular weight is 431 g/mol. The van der Waals surface area contributed by atoms with Crippen LogP contribution in [0.2, 0.25) is 0 Å². The molecule has 162 valence electrons. The standard InChI is InChI=1S/C23H30NO5P/c25-30(26,27)17-7-14-24-18-20-11-12-22(21-13-16-29-23(20)21)28-15-6-2-5-10-19-8-3-1-4-9-19/h1,3-4,8-9,11-13,16,24H,2,5-7,10,14-15,17-18H2,(H2,25,26,27). The van der Waals surface area contributed by atoms with E-state index in [-0.39, 0.29) is 6.16 Å². The summed E-state index contributed by atoms with van der Waals surface area (Å²) in [6.07, 6.45) is 6.37. The van der Waals surface area contributed by atoms with Crippen molar-refractivity contribution in [3.05, 3.63) is 65.9 Å². The summed E-state index contributed by atoms with van der Waals surface area (Å²) in [5, 5.41) is 4.16. The van der Waals surface area contributed by atoms with Crippen LogP contribution >= 0.6 is 7.60 Å². The fraction of sp³-hybridized carbons (Fsp3) is 0.391. The molecule has 0 fully saturated rings. The summed E-state index contributed by atoms with van der Waals surface area (Å²) in [6, 6.07) is 16.4. The first-order chi connectivity index (χ1) is 14.5. The van der Waals surface area contributed by atoms with E-state index in [1.165, 1.54) is 5.56 Å². The number of hydrogen-bond donors (Lipinski definition) is 3. The number of unbranched alkanes of at least 4 members (excludes halogenated alkanes) is 2. The van der Waals surface area contributed by atoms with Crippen molar-refractivity contribution in [3.63, 3.8) is 0 Å². The summed E-state index contributed by atoms with van der Waals surface area (Å²) in [4.78, 5) is 17.8. The normalized spacial score (nSPS) is 11.8. The molecule has 7 heteroatoms. The van der Waals surface area contributed by atoms with Gasteiger partial charge in [-0.15, -0.1) is 0 Å². The molecule has 30 heavy (non-hydrogen) atoms. The van der Waals surface area contributed by atoms with Gasteiger partial charge in [0.05, 0.1) is 24.4 Å². The zero-order chi connectivity index (χ0) is 21.2. The lowest BCUT2D eigenvalue weighted by molar-refractivity contribution is 0.308. The molecule has 6 nitrogen and oxygen atoms in total. The molecule has 0 radical (unpaired) electrons. The fourth-order valence-electron chi connectivity index (χ4n) is 3.43. The predicted molar refractivity (Wildman–Crippen MR) is 119 cm³/mol. The van der Waals surface area contributed by atoms with Crippen molar-refractivity contribution in [2.24, 2.45) is 0 Å². The zero-order valence-electron chi connectivity index (χ0n) is 17.1. The van der Waals surface area contributed by atoms with Crippen molar-refractivity contribution in [2.75, 3.05) is 19.3 Å². The largest absolute Gasteiger partial charge is 0.493 e. The third-order valence-corrected chi connectivity index (χ3v) is 5.89. The van der Waals surface area contributed by atoms with Crippen LogP contribution in [0.1, 0.15) is 36.8 Å². The van der Waals surface area contributed by atoms with Crippen LogP contribution in [0.15, 0.2) is 59.2 Å². The first kappa shape index (κ1) is 22.6. The second-order valence-corrected chi connectivity index (χ2v) is 9.23. The first-order valence-electron chi connectivity index (χ1n) is 10.4. The Bertz CT molecular complexity index is 951. The Kier molecular flexibility index (Phi) is 8.52. The van der Waals surface area contributed by atoms with E-state index < -0.39 is 7.60 Å². The lowest BCUT2D eigenvalue weighted by Crippen LogP contribution is -2.16. The van der Waals surface area contributed by atoms with Gasteiger partial charge in [-0.2, -0.15) is 0 Å². The number of fused-ring (bicyclic) bond motifs is 1. The lowest BCUT2D eigenvalue weighted by atomic mass is 10.1. The Balaban J connectivity index is 1.42. The van der Waals surface area contributed by atoms with E-state index in [9.17, 15) is 4.57 Å². The van der Waals surface area contributed by atoms with E-state index in [0.29, 0.717) is 26.1 Å². The van der Waals surface area contributed by atoms with E-state index >= 15 is 0 Å². The molecule has 0 spiro atoms. The van der Waals surface area contributed by atoms with Gasteiger partial charge in [0, 0.05) is 12.1 Å². The molecule has 0 aliphatic carbocycles. The molecule has 0 aliphatic rings. The smallest absolute Gasteiger partial charge is 0.325 e. The maximum absolute atomic E-state index is 10.9. The van der Waals surface area contributed by atoms with Gasteiger partial charge < -0.3 is 24.3 Å². The van der Waals surface area contributed by atoms with Crippen LogP contribution in [0.25, 0.3) is 11.0 Å². The van der Waals surface area contributed by atoms with E-state index in [1.54, 1.807) is 6.26 Å². The average Bonchev–Trinajstić information content (AvgIpc) is 3.21. The Morgan fingerprint density at radius 3 is 2.60 bits per heavy atom. The Morgan fingerprint density at radius 1 is 0.967 bits per heavy atom. The maximum Gasteiger partial charge on any atom is 0.325 e. The first-order valence-corrected chi connectivity index (χ1v) is 12.2. The van der Waals surface area contributed by atoms with Crippen LogP contribution in [-0.4, -0.2) is 29.1 Å². The SMILES string of the molecule is O=P(O)(O)CCCNCc1ccc(OCCCCCc2ccccc2)c2ccoc12. The van der Waals surface area contributed by atoms with Gasteiger partial charge in [0.25, 0.3) is 0 Å². The van der Waals surface area contributed by atoms with Crippen molar-refractivity contribution in [1.82, 2.24) is 5.32 Å². The predicted octanol–water partition coefficient (Wildman–Crippen LogP) is 4.88. The molecule has 3 aromatic rings. The minimum atomic E-state index is -3.92. The molecule has 0 aliphatic heterocycles. The van der Waals surface area contributed by atoms with Gasteiger partial charge in [0.1, 0.15) is 11.3 Å². The minimum absolute atomic E-state index is 0.103. The van der Waals surface area contributed by atoms with Crippen LogP contribution in [0.5, 0.6) is 5.75 Å². The third kappa shape index (κ3) is 7.29. The highest BCUT2D eigenvalue weighted by molar-refractivity contribution is 7.51. The molecular weight excluding hydrogens is 401 g/mol. The van der Waals surface area contributed by atoms with Crippen molar-refractivity contribution in [1.29, 1.82) is 0 Å². The van der Waals surface area contributed by atoms with Gasteiger partial charge in [-0.05, 0) is 56.3 Å². The molecule has 0 atom stereocenters. The molecule has 0 unspecified atom stereocenters. The molecule has 0 amide bonds. The van der Waals surface area contributed by atoms with Gasteiger partial charge in [0.2, 0.25) is 0 Å². The van der Waals surface area contributed by atoms with E-state index in [1.807, 2.05) is 24.3 Å². The van der Waals surface area contributed by atoms with Gasteiger partial charge in [0.15, 0.2) is 0 Å². The Morgan fingerprint density at radius 2 is 1.80 bits per heavy atom. The van der Waals surface area contributed by atoms with Crippen molar-refractivity contribution < 1.29 is 23.5 Å². The topological polar surface area (TPSA) is 91.9 Å². The highest BCUT2D eigenvalue weighted by Crippen LogP contribution is 2.34. The lowest BCUT2D eigenvalue weighted by Gasteiger charge is -2.10. The molecule has 1 aromatic heterocycles. The molecule has 0 saturated carbocycles. The summed E-state index contributed by atoms with van der Waals surface area (Å²) in [5.41, 5.74) is 3.17. The maximum atomic E-state index is 10.9. The molecule has 3 N–H and O–H groups in total. The van der Waals surface area contributed by atoms with E-state index in [2.05, 4.69) is 29.6 Å². The summed E-state index contributed by atoms with van der Waals surface area (Å²) >= 11 is 0. The van der Waals surface area contributed by atoms with E-state index in [4.69, 9.17) is 18.9 Å². The van der Waals surface area contributed by atoms with Crippen LogP contribution in [0.4, 0.5) is 0 Å². The highest BCUT2D eigenvalue weighted by Gasteiger charge is 2.12. The van der Waals surface area contributed by atoms with Crippen LogP contribution in [-0.2, 0) is 17.5 Å². The Hall–Kier alpha value is -2.11. The summed E-state index contributed by atoms with van der Waals surface area (Å²) in [6.45, 7) is 1.79. The minimum Gasteiger partial charge on any atom is -0.493 e. The third-order valence-electron chi connectivity index (χ3n) is 4.99. The summed E-state index contributed by atoms with van der Waals surface area (Å²) in [5.74, 6) is 0.826. The zero-order valence-corrected chi connectivity index (χ0v) is 18.0. The quantitative estimate of drug-likeness (QED) is 0.264. The van der Waals surface area contributed by atoms with Crippen LogP contribution in [0.3, 0.4) is 0 Å². The number of hydrogen-bond acceptors (Lipinski definition) is 4. The molecule has 1 heterocycles. The number of furan rings is 1. The molecule has 0 bridgehead atoms. The Labute approximate surface area is 177 Å². The number of ether oxygens (including phenoxy) is 1. The second-order valence-electron chi connectivity index (χ2n) is 7.45. The number of benzene rings is 2. The fourth-order valence-corrected chi connectivity index (χ4v) is 4.00. The molecule has 3 rings (SSSR count). The number of rotatable bonds is 13. The van der Waals surface area contributed by atoms with Crippen molar-refractivity contribution in [2.45, 2.75) is 38.6 Å². The number of nitrogens with one attached hydrogen (secondary N) is 1. The molecule has 2 aromatic carbocycles. The van der Waals surface area contributed by atoms with Crippen molar-refractivity contribution >= 4 is 18.6 Å². The van der Waals surface area contributed by atoms with Crippen molar-refractivity contribution in [3.8, 4) is 5.75 Å². The highest BCUT2D eigenvalue weighted by atomic mass is 31.2. The summed E-state index contributed by atoms with van der Waals surface area (Å²) < 4.78 is 22.5. The van der Waals surface area contributed by atoms with E-state index in [0.717, 1.165) is 48.0 Å². The second kappa shape index (κ2) is 11.3. The van der Waals surface area contributed by atoms with Crippen LogP contribution < -0.4 is 10.1 Å². The van der Waals surface area contributed by atoms with Crippen LogP contribution in [0, 0.1) is 0 Å². The molecule has 0 saturated heterocycles. The van der Waals surface area contributed by atoms with Gasteiger partial charge in [-0.3, -0.25) is 4.57 Å². The molecular formula is C23H30NO5P. The monoisotopic (exact) mass is 431 g/mol. The van der Waals surface area contributed by atoms with Gasteiger partial charge in [-0.1, -0.05) is 36.4 Å².